The van der Waals surface area contributed by atoms with E-state index in [2.05, 4.69) is 10.3 Å². The standard InChI is InChI=1S/C16H16N2O4/c1-11(22-16(20)13-8-5-6-10-17-13)15(19)18-12-7-3-4-9-14(12)21-2/h3-11H,1-2H3,(H,18,19)/t11-/m0/s1. The molecule has 1 atom stereocenters. The summed E-state index contributed by atoms with van der Waals surface area (Å²) in [6.07, 6.45) is 0.523. The van der Waals surface area contributed by atoms with Crippen LogP contribution in [0.2, 0.25) is 0 Å². The Kier molecular flexibility index (Phi) is 5.08. The maximum absolute atomic E-state index is 12.1. The van der Waals surface area contributed by atoms with Gasteiger partial charge in [0.1, 0.15) is 11.4 Å². The number of amides is 1. The molecule has 0 aliphatic rings. The first kappa shape index (κ1) is 15.5. The molecule has 0 saturated heterocycles. The summed E-state index contributed by atoms with van der Waals surface area (Å²) in [5.41, 5.74) is 0.662. The zero-order valence-electron chi connectivity index (χ0n) is 12.3. The van der Waals surface area contributed by atoms with Crippen LogP contribution >= 0.6 is 0 Å². The molecule has 6 heteroatoms. The van der Waals surface area contributed by atoms with Crippen molar-refractivity contribution >= 4 is 17.6 Å². The lowest BCUT2D eigenvalue weighted by atomic mass is 10.2. The van der Waals surface area contributed by atoms with Gasteiger partial charge in [0.2, 0.25) is 0 Å². The van der Waals surface area contributed by atoms with Gasteiger partial charge in [0, 0.05) is 6.20 Å². The Morgan fingerprint density at radius 2 is 1.86 bits per heavy atom. The average Bonchev–Trinajstić information content (AvgIpc) is 2.56. The smallest absolute Gasteiger partial charge is 0.357 e. The number of hydrogen-bond donors (Lipinski definition) is 1. The molecule has 0 spiro atoms. The Bertz CT molecular complexity index is 658. The van der Waals surface area contributed by atoms with Crippen molar-refractivity contribution in [2.45, 2.75) is 13.0 Å². The first-order chi connectivity index (χ1) is 10.6. The molecular weight excluding hydrogens is 284 g/mol. The number of aromatic nitrogens is 1. The number of nitrogens with one attached hydrogen (secondary N) is 1. The van der Waals surface area contributed by atoms with Gasteiger partial charge in [0.25, 0.3) is 5.91 Å². The molecule has 114 valence electrons. The van der Waals surface area contributed by atoms with Crippen LogP contribution in [-0.4, -0.2) is 30.1 Å². The Morgan fingerprint density at radius 1 is 1.14 bits per heavy atom. The molecule has 1 aromatic heterocycles. The van der Waals surface area contributed by atoms with E-state index in [4.69, 9.17) is 9.47 Å². The van der Waals surface area contributed by atoms with Crippen LogP contribution in [0.3, 0.4) is 0 Å². The molecule has 0 fully saturated rings. The van der Waals surface area contributed by atoms with Crippen molar-refractivity contribution in [2.75, 3.05) is 12.4 Å². The van der Waals surface area contributed by atoms with Gasteiger partial charge >= 0.3 is 5.97 Å². The number of esters is 1. The second-order valence-corrected chi connectivity index (χ2v) is 4.45. The minimum Gasteiger partial charge on any atom is -0.495 e. The van der Waals surface area contributed by atoms with Crippen molar-refractivity contribution < 1.29 is 19.1 Å². The summed E-state index contributed by atoms with van der Waals surface area (Å²) in [6.45, 7) is 1.49. The molecule has 2 aromatic rings. The quantitative estimate of drug-likeness (QED) is 0.857. The van der Waals surface area contributed by atoms with Crippen LogP contribution in [0.5, 0.6) is 5.75 Å². The lowest BCUT2D eigenvalue weighted by Gasteiger charge is -2.14. The maximum Gasteiger partial charge on any atom is 0.357 e. The van der Waals surface area contributed by atoms with Gasteiger partial charge < -0.3 is 14.8 Å². The lowest BCUT2D eigenvalue weighted by molar-refractivity contribution is -0.123. The highest BCUT2D eigenvalue weighted by Gasteiger charge is 2.20. The van der Waals surface area contributed by atoms with Gasteiger partial charge in [-0.1, -0.05) is 18.2 Å². The van der Waals surface area contributed by atoms with Crippen molar-refractivity contribution in [3.8, 4) is 5.75 Å². The number of carbonyl (C=O) groups is 2. The summed E-state index contributed by atoms with van der Waals surface area (Å²) in [7, 11) is 1.51. The molecule has 0 aliphatic heterocycles. The van der Waals surface area contributed by atoms with Gasteiger partial charge in [-0.2, -0.15) is 0 Å². The zero-order chi connectivity index (χ0) is 15.9. The monoisotopic (exact) mass is 300 g/mol. The van der Waals surface area contributed by atoms with E-state index in [0.29, 0.717) is 11.4 Å². The molecule has 0 radical (unpaired) electrons. The average molecular weight is 300 g/mol. The Morgan fingerprint density at radius 3 is 2.55 bits per heavy atom. The molecule has 1 aromatic carbocycles. The SMILES string of the molecule is COc1ccccc1NC(=O)[C@H](C)OC(=O)c1ccccn1. The number of nitrogens with zero attached hydrogens (tertiary/aromatic N) is 1. The molecule has 0 saturated carbocycles. The van der Waals surface area contributed by atoms with E-state index < -0.39 is 18.0 Å². The third-order valence-corrected chi connectivity index (χ3v) is 2.89. The number of para-hydroxylation sites is 2. The van der Waals surface area contributed by atoms with Gasteiger partial charge in [0.15, 0.2) is 6.10 Å². The summed E-state index contributed by atoms with van der Waals surface area (Å²) in [6, 6.07) is 11.9. The number of anilines is 1. The highest BCUT2D eigenvalue weighted by atomic mass is 16.5. The van der Waals surface area contributed by atoms with Crippen LogP contribution in [-0.2, 0) is 9.53 Å². The van der Waals surface area contributed by atoms with Crippen molar-refractivity contribution in [1.82, 2.24) is 4.98 Å². The van der Waals surface area contributed by atoms with Crippen LogP contribution in [0, 0.1) is 0 Å². The van der Waals surface area contributed by atoms with Gasteiger partial charge in [-0.25, -0.2) is 9.78 Å². The van der Waals surface area contributed by atoms with Crippen LogP contribution in [0.4, 0.5) is 5.69 Å². The van der Waals surface area contributed by atoms with Gasteiger partial charge in [-0.15, -0.1) is 0 Å². The molecular formula is C16H16N2O4. The second kappa shape index (κ2) is 7.21. The van der Waals surface area contributed by atoms with Gasteiger partial charge in [-0.05, 0) is 31.2 Å². The molecule has 6 nitrogen and oxygen atoms in total. The lowest BCUT2D eigenvalue weighted by Crippen LogP contribution is -2.30. The van der Waals surface area contributed by atoms with Crippen LogP contribution in [0.15, 0.2) is 48.7 Å². The predicted molar refractivity (Wildman–Crippen MR) is 80.7 cm³/mol. The number of ether oxygens (including phenoxy) is 2. The summed E-state index contributed by atoms with van der Waals surface area (Å²) in [5, 5.41) is 2.66. The molecule has 22 heavy (non-hydrogen) atoms. The number of hydrogen-bond acceptors (Lipinski definition) is 5. The highest BCUT2D eigenvalue weighted by Crippen LogP contribution is 2.23. The summed E-state index contributed by atoms with van der Waals surface area (Å²) in [4.78, 5) is 27.8. The van der Waals surface area contributed by atoms with Crippen LogP contribution in [0.1, 0.15) is 17.4 Å². The van der Waals surface area contributed by atoms with Crippen LogP contribution < -0.4 is 10.1 Å². The molecule has 1 amide bonds. The van der Waals surface area contributed by atoms with Gasteiger partial charge in [0.05, 0.1) is 12.8 Å². The van der Waals surface area contributed by atoms with E-state index in [1.54, 1.807) is 36.4 Å². The van der Waals surface area contributed by atoms with E-state index in [9.17, 15) is 9.59 Å². The van der Waals surface area contributed by atoms with Gasteiger partial charge in [-0.3, -0.25) is 4.79 Å². The minimum atomic E-state index is -0.959. The molecule has 1 heterocycles. The van der Waals surface area contributed by atoms with E-state index in [1.807, 2.05) is 0 Å². The second-order valence-electron chi connectivity index (χ2n) is 4.45. The summed E-state index contributed by atoms with van der Waals surface area (Å²) >= 11 is 0. The number of pyridine rings is 1. The normalized spacial score (nSPS) is 11.4. The van der Waals surface area contributed by atoms with Crippen molar-refractivity contribution in [1.29, 1.82) is 0 Å². The third kappa shape index (κ3) is 3.82. The van der Waals surface area contributed by atoms with Crippen molar-refractivity contribution in [3.05, 3.63) is 54.4 Å². The Hall–Kier alpha value is -2.89. The van der Waals surface area contributed by atoms with Crippen molar-refractivity contribution in [2.24, 2.45) is 0 Å². The molecule has 0 bridgehead atoms. The summed E-state index contributed by atoms with van der Waals surface area (Å²) in [5.74, 6) is -0.573. The minimum absolute atomic E-state index is 0.152. The zero-order valence-corrected chi connectivity index (χ0v) is 12.3. The Labute approximate surface area is 128 Å². The molecule has 1 N–H and O–H groups in total. The maximum atomic E-state index is 12.1. The van der Waals surface area contributed by atoms with E-state index in [-0.39, 0.29) is 5.69 Å². The number of benzene rings is 1. The first-order valence-corrected chi connectivity index (χ1v) is 6.67. The van der Waals surface area contributed by atoms with E-state index >= 15 is 0 Å². The third-order valence-electron chi connectivity index (χ3n) is 2.89. The highest BCUT2D eigenvalue weighted by molar-refractivity contribution is 5.97. The first-order valence-electron chi connectivity index (χ1n) is 6.67. The largest absolute Gasteiger partial charge is 0.495 e. The molecule has 2 rings (SSSR count). The topological polar surface area (TPSA) is 77.5 Å². The fourth-order valence-electron chi connectivity index (χ4n) is 1.74. The van der Waals surface area contributed by atoms with Crippen LogP contribution in [0.25, 0.3) is 0 Å². The molecule has 0 unspecified atom stereocenters. The van der Waals surface area contributed by atoms with E-state index in [0.717, 1.165) is 0 Å². The Balaban J connectivity index is 1.99. The summed E-state index contributed by atoms with van der Waals surface area (Å²) < 4.78 is 10.2. The number of methoxy groups -OCH3 is 1. The fraction of sp³-hybridized carbons (Fsp3) is 0.188. The predicted octanol–water partition coefficient (Wildman–Crippen LogP) is 2.27. The van der Waals surface area contributed by atoms with Crippen molar-refractivity contribution in [3.63, 3.8) is 0 Å². The number of rotatable bonds is 5. The fourth-order valence-corrected chi connectivity index (χ4v) is 1.74. The number of carbonyl (C=O) groups excluding carboxylic acids is 2. The van der Waals surface area contributed by atoms with E-state index in [1.165, 1.54) is 26.3 Å². The molecule has 0 aliphatic carbocycles.